The molecule has 0 spiro atoms. The molecule has 5 rings (SSSR count). The van der Waals surface area contributed by atoms with Gasteiger partial charge in [0.1, 0.15) is 5.75 Å². The van der Waals surface area contributed by atoms with Crippen molar-refractivity contribution in [2.24, 2.45) is 10.9 Å². The average Bonchev–Trinajstić information content (AvgIpc) is 3.58. The molecule has 2 N–H and O–H groups in total. The predicted octanol–water partition coefficient (Wildman–Crippen LogP) is 6.17. The van der Waals surface area contributed by atoms with Crippen LogP contribution in [0, 0.1) is 5.92 Å². The van der Waals surface area contributed by atoms with Crippen molar-refractivity contribution in [1.82, 2.24) is 10.3 Å². The van der Waals surface area contributed by atoms with Crippen LogP contribution in [0.4, 0.5) is 5.69 Å². The van der Waals surface area contributed by atoms with Gasteiger partial charge < -0.3 is 15.0 Å². The molecule has 1 aliphatic rings. The monoisotopic (exact) mass is 455 g/mol. The van der Waals surface area contributed by atoms with Gasteiger partial charge >= 0.3 is 0 Å². The molecule has 1 aliphatic carbocycles. The van der Waals surface area contributed by atoms with Gasteiger partial charge in [0.05, 0.1) is 18.4 Å². The summed E-state index contributed by atoms with van der Waals surface area (Å²) in [5.41, 5.74) is 5.50. The Hall–Kier alpha value is -3.51. The molecule has 33 heavy (non-hydrogen) atoms. The number of aromatic nitrogens is 1. The van der Waals surface area contributed by atoms with E-state index in [1.54, 1.807) is 13.3 Å². The highest BCUT2D eigenvalue weighted by molar-refractivity contribution is 7.80. The molecule has 166 valence electrons. The number of carbonyl (C=O) groups is 1. The fourth-order valence-electron chi connectivity index (χ4n) is 3.75. The Kier molecular flexibility index (Phi) is 5.92. The molecule has 1 heterocycles. The number of aliphatic imine (C=N–C) groups is 1. The molecular weight excluding hydrogens is 430 g/mol. The number of amides is 1. The molecule has 3 aromatic carbocycles. The lowest BCUT2D eigenvalue weighted by atomic mass is 10.0. The zero-order valence-electron chi connectivity index (χ0n) is 18.3. The second-order valence-electron chi connectivity index (χ2n) is 8.31. The second-order valence-corrected chi connectivity index (χ2v) is 8.79. The summed E-state index contributed by atoms with van der Waals surface area (Å²) in [6.07, 6.45) is 6.25. The van der Waals surface area contributed by atoms with Crippen molar-refractivity contribution in [2.75, 3.05) is 7.11 Å². The molecule has 1 amide bonds. The first-order valence-corrected chi connectivity index (χ1v) is 11.5. The minimum absolute atomic E-state index is 0.117. The van der Waals surface area contributed by atoms with E-state index >= 15 is 0 Å². The van der Waals surface area contributed by atoms with Crippen molar-refractivity contribution < 1.29 is 9.53 Å². The highest BCUT2D eigenvalue weighted by Gasteiger charge is 2.18. The lowest BCUT2D eigenvalue weighted by Gasteiger charge is -2.08. The van der Waals surface area contributed by atoms with Crippen molar-refractivity contribution in [3.63, 3.8) is 0 Å². The molecule has 1 saturated carbocycles. The summed E-state index contributed by atoms with van der Waals surface area (Å²) in [6, 6.07) is 19.8. The number of hydrogen-bond donors (Lipinski definition) is 3. The third-order valence-electron chi connectivity index (χ3n) is 5.89. The summed E-state index contributed by atoms with van der Waals surface area (Å²) in [6.45, 7) is 0.445. The van der Waals surface area contributed by atoms with Crippen LogP contribution < -0.4 is 10.1 Å². The van der Waals surface area contributed by atoms with Gasteiger partial charge in [-0.1, -0.05) is 24.3 Å². The van der Waals surface area contributed by atoms with Crippen LogP contribution in [0.3, 0.4) is 0 Å². The fourth-order valence-corrected chi connectivity index (χ4v) is 4.02. The molecular formula is C27H25N3O2S. The third kappa shape index (κ3) is 4.81. The van der Waals surface area contributed by atoms with Crippen molar-refractivity contribution in [2.45, 2.75) is 24.3 Å². The summed E-state index contributed by atoms with van der Waals surface area (Å²) in [7, 11) is 1.64. The minimum Gasteiger partial charge on any atom is -0.497 e. The van der Waals surface area contributed by atoms with E-state index in [1.807, 2.05) is 60.8 Å². The van der Waals surface area contributed by atoms with E-state index in [0.29, 0.717) is 18.0 Å². The smallest absolute Gasteiger partial charge is 0.253 e. The van der Waals surface area contributed by atoms with Crippen molar-refractivity contribution in [1.29, 1.82) is 0 Å². The van der Waals surface area contributed by atoms with Crippen molar-refractivity contribution in [3.05, 3.63) is 78.0 Å². The lowest BCUT2D eigenvalue weighted by Crippen LogP contribution is -2.22. The summed E-state index contributed by atoms with van der Waals surface area (Å²) < 4.78 is 5.18. The van der Waals surface area contributed by atoms with Gasteiger partial charge in [-0.25, -0.2) is 0 Å². The van der Waals surface area contributed by atoms with Crippen LogP contribution in [0.2, 0.25) is 0 Å². The summed E-state index contributed by atoms with van der Waals surface area (Å²) in [4.78, 5) is 21.5. The number of carbonyl (C=O) groups excluding carboxylic acids is 1. The van der Waals surface area contributed by atoms with Crippen LogP contribution in [0.5, 0.6) is 5.75 Å². The summed E-state index contributed by atoms with van der Waals surface area (Å²) >= 11 is 4.64. The number of nitrogens with zero attached hydrogens (tertiary/aromatic N) is 1. The van der Waals surface area contributed by atoms with Gasteiger partial charge in [0.15, 0.2) is 0 Å². The number of methoxy groups -OCH3 is 1. The third-order valence-corrected chi connectivity index (χ3v) is 6.25. The van der Waals surface area contributed by atoms with E-state index in [2.05, 4.69) is 34.0 Å². The summed E-state index contributed by atoms with van der Waals surface area (Å²) in [5, 5.41) is 3.89. The first-order valence-electron chi connectivity index (χ1n) is 11.0. The molecule has 1 fully saturated rings. The zero-order chi connectivity index (χ0) is 22.8. The maximum Gasteiger partial charge on any atom is 0.253 e. The average molecular weight is 456 g/mol. The Morgan fingerprint density at radius 3 is 2.61 bits per heavy atom. The van der Waals surface area contributed by atoms with Crippen LogP contribution in [-0.2, 0) is 6.54 Å². The van der Waals surface area contributed by atoms with Crippen LogP contribution in [0.25, 0.3) is 22.0 Å². The molecule has 0 radical (unpaired) electrons. The quantitative estimate of drug-likeness (QED) is 0.230. The van der Waals surface area contributed by atoms with Crippen molar-refractivity contribution in [3.8, 4) is 16.9 Å². The number of ether oxygens (including phenoxy) is 1. The maximum atomic E-state index is 12.9. The Labute approximate surface area is 198 Å². The molecule has 1 aromatic heterocycles. The largest absolute Gasteiger partial charge is 0.497 e. The van der Waals surface area contributed by atoms with E-state index in [4.69, 9.17) is 4.74 Å². The number of H-pyrrole nitrogens is 1. The van der Waals surface area contributed by atoms with E-state index in [-0.39, 0.29) is 5.91 Å². The number of hydrogen-bond acceptors (Lipinski definition) is 4. The number of nitrogens with one attached hydrogen (secondary N) is 2. The van der Waals surface area contributed by atoms with Crippen LogP contribution in [-0.4, -0.2) is 24.2 Å². The molecule has 4 aromatic rings. The zero-order valence-corrected chi connectivity index (χ0v) is 19.2. The summed E-state index contributed by atoms with van der Waals surface area (Å²) in [5.74, 6) is 1.30. The number of rotatable bonds is 7. The van der Waals surface area contributed by atoms with Crippen LogP contribution in [0.1, 0.15) is 28.8 Å². The van der Waals surface area contributed by atoms with Gasteiger partial charge in [0.2, 0.25) is 0 Å². The predicted molar refractivity (Wildman–Crippen MR) is 136 cm³/mol. The van der Waals surface area contributed by atoms with E-state index in [1.165, 1.54) is 12.8 Å². The second kappa shape index (κ2) is 9.16. The molecule has 0 atom stereocenters. The molecule has 0 aliphatic heterocycles. The highest BCUT2D eigenvalue weighted by Crippen LogP contribution is 2.33. The van der Waals surface area contributed by atoms with Gasteiger partial charge in [0, 0.05) is 34.8 Å². The molecule has 6 heteroatoms. The lowest BCUT2D eigenvalue weighted by molar-refractivity contribution is 0.0952. The van der Waals surface area contributed by atoms with Gasteiger partial charge in [0.25, 0.3) is 5.91 Å². The minimum atomic E-state index is -0.117. The van der Waals surface area contributed by atoms with Gasteiger partial charge in [-0.15, -0.1) is 12.6 Å². The molecule has 0 saturated heterocycles. The number of thiol groups is 1. The molecule has 0 bridgehead atoms. The highest BCUT2D eigenvalue weighted by atomic mass is 32.1. The number of fused-ring (bicyclic) bond motifs is 1. The van der Waals surface area contributed by atoms with Crippen LogP contribution in [0.15, 0.2) is 76.7 Å². The van der Waals surface area contributed by atoms with Gasteiger partial charge in [-0.2, -0.15) is 0 Å². The molecule has 5 nitrogen and oxygen atoms in total. The van der Waals surface area contributed by atoms with E-state index < -0.39 is 0 Å². The van der Waals surface area contributed by atoms with Crippen LogP contribution >= 0.6 is 12.6 Å². The Morgan fingerprint density at radius 1 is 1.12 bits per heavy atom. The first-order chi connectivity index (χ1) is 16.1. The Balaban J connectivity index is 1.35. The first kappa shape index (κ1) is 21.3. The normalized spacial score (nSPS) is 13.5. The van der Waals surface area contributed by atoms with E-state index in [0.717, 1.165) is 43.9 Å². The Bertz CT molecular complexity index is 1340. The van der Waals surface area contributed by atoms with Gasteiger partial charge in [-0.05, 0) is 71.8 Å². The fraction of sp³-hybridized carbons (Fsp3) is 0.185. The van der Waals surface area contributed by atoms with E-state index in [9.17, 15) is 4.79 Å². The SMILES string of the molecule is COc1ccc(CNC(=O)c2c[nH]c3ccc(-c4ccc(N=CC5CC5)c(S)c4)cc23)cc1. The number of benzene rings is 3. The maximum absolute atomic E-state index is 12.9. The molecule has 0 unspecified atom stereocenters. The Morgan fingerprint density at radius 2 is 1.88 bits per heavy atom. The number of aromatic amines is 1. The standard InChI is InChI=1S/C27H25N3O2S/c1-32-21-8-4-18(5-9-21)15-30-27(31)23-16-29-24-10-6-19(12-22(23)24)20-7-11-25(26(33)13-20)28-14-17-2-3-17/h4-14,16-17,29,33H,2-3,15H2,1H3,(H,30,31). The van der Waals surface area contributed by atoms with Crippen molar-refractivity contribution >= 4 is 41.3 Å². The topological polar surface area (TPSA) is 66.5 Å². The van der Waals surface area contributed by atoms with Gasteiger partial charge in [-0.3, -0.25) is 9.79 Å².